The standard InChI is InChI=1S/C20H19ClN4O2/c1-12(2)11-26-16-5-3-14(21)9-13(16)10-15-4-6-17(27-15)18-24-19-20(25-18)23-8-7-22-19/h3-9,12H,10-11H2,1-2H3,(H,22,23,24,25). The molecular formula is C20H19ClN4O2. The first-order valence-electron chi connectivity index (χ1n) is 8.75. The van der Waals surface area contributed by atoms with Gasteiger partial charge in [-0.25, -0.2) is 15.0 Å². The number of ether oxygens (including phenoxy) is 1. The first-order chi connectivity index (χ1) is 13.1. The van der Waals surface area contributed by atoms with Crippen LogP contribution in [0.4, 0.5) is 0 Å². The Labute approximate surface area is 161 Å². The lowest BCUT2D eigenvalue weighted by atomic mass is 10.1. The predicted octanol–water partition coefficient (Wildman–Crippen LogP) is 4.89. The molecular weight excluding hydrogens is 364 g/mol. The molecule has 0 fully saturated rings. The van der Waals surface area contributed by atoms with Crippen molar-refractivity contribution in [1.29, 1.82) is 0 Å². The van der Waals surface area contributed by atoms with Gasteiger partial charge in [0, 0.05) is 29.4 Å². The van der Waals surface area contributed by atoms with E-state index < -0.39 is 0 Å². The van der Waals surface area contributed by atoms with Gasteiger partial charge in [0.05, 0.1) is 6.61 Å². The molecule has 1 aromatic carbocycles. The van der Waals surface area contributed by atoms with Crippen LogP contribution in [0.3, 0.4) is 0 Å². The van der Waals surface area contributed by atoms with Gasteiger partial charge in [-0.3, -0.25) is 0 Å². The van der Waals surface area contributed by atoms with Crippen molar-refractivity contribution in [3.8, 4) is 17.3 Å². The van der Waals surface area contributed by atoms with Gasteiger partial charge in [0.2, 0.25) is 0 Å². The van der Waals surface area contributed by atoms with Crippen molar-refractivity contribution < 1.29 is 9.15 Å². The number of imidazole rings is 1. The molecule has 0 bridgehead atoms. The average Bonchev–Trinajstić information content (AvgIpc) is 3.27. The number of nitrogens with zero attached hydrogens (tertiary/aromatic N) is 3. The average molecular weight is 383 g/mol. The van der Waals surface area contributed by atoms with Crippen molar-refractivity contribution in [2.24, 2.45) is 5.92 Å². The topological polar surface area (TPSA) is 76.8 Å². The first kappa shape index (κ1) is 17.5. The fourth-order valence-corrected chi connectivity index (χ4v) is 2.93. The molecule has 0 radical (unpaired) electrons. The highest BCUT2D eigenvalue weighted by molar-refractivity contribution is 6.30. The third-order valence-electron chi connectivity index (χ3n) is 3.99. The second-order valence-electron chi connectivity index (χ2n) is 6.71. The van der Waals surface area contributed by atoms with Gasteiger partial charge < -0.3 is 14.1 Å². The van der Waals surface area contributed by atoms with Crippen molar-refractivity contribution in [1.82, 2.24) is 19.9 Å². The Morgan fingerprint density at radius 3 is 2.81 bits per heavy atom. The van der Waals surface area contributed by atoms with Gasteiger partial charge in [0.15, 0.2) is 22.9 Å². The summed E-state index contributed by atoms with van der Waals surface area (Å²) >= 11 is 6.18. The largest absolute Gasteiger partial charge is 0.493 e. The minimum Gasteiger partial charge on any atom is -0.493 e. The molecule has 6 nitrogen and oxygen atoms in total. The van der Waals surface area contributed by atoms with E-state index in [1.165, 1.54) is 0 Å². The maximum absolute atomic E-state index is 6.18. The molecule has 0 aliphatic carbocycles. The number of aromatic nitrogens is 4. The summed E-state index contributed by atoms with van der Waals surface area (Å²) < 4.78 is 11.9. The molecule has 3 aromatic heterocycles. The van der Waals surface area contributed by atoms with Crippen molar-refractivity contribution in [3.63, 3.8) is 0 Å². The van der Waals surface area contributed by atoms with Crippen LogP contribution in [0.1, 0.15) is 25.2 Å². The number of furan rings is 1. The summed E-state index contributed by atoms with van der Waals surface area (Å²) in [5.41, 5.74) is 2.17. The number of benzene rings is 1. The fraction of sp³-hybridized carbons (Fsp3) is 0.250. The molecule has 0 saturated heterocycles. The Bertz CT molecular complexity index is 1040. The lowest BCUT2D eigenvalue weighted by Gasteiger charge is -2.13. The quantitative estimate of drug-likeness (QED) is 0.513. The lowest BCUT2D eigenvalue weighted by molar-refractivity contribution is 0.268. The van der Waals surface area contributed by atoms with Crippen LogP contribution < -0.4 is 4.74 Å². The normalized spacial score (nSPS) is 11.4. The Kier molecular flexibility index (Phi) is 4.81. The summed E-state index contributed by atoms with van der Waals surface area (Å²) in [5, 5.41) is 0.670. The lowest BCUT2D eigenvalue weighted by Crippen LogP contribution is -2.06. The number of aromatic amines is 1. The molecule has 0 saturated carbocycles. The van der Waals surface area contributed by atoms with Gasteiger partial charge >= 0.3 is 0 Å². The van der Waals surface area contributed by atoms with E-state index in [0.29, 0.717) is 46.8 Å². The van der Waals surface area contributed by atoms with Gasteiger partial charge in [-0.05, 0) is 36.2 Å². The second kappa shape index (κ2) is 7.40. The van der Waals surface area contributed by atoms with E-state index in [4.69, 9.17) is 20.8 Å². The monoisotopic (exact) mass is 382 g/mol. The van der Waals surface area contributed by atoms with Crippen LogP contribution >= 0.6 is 11.6 Å². The Morgan fingerprint density at radius 1 is 1.15 bits per heavy atom. The first-order valence-corrected chi connectivity index (χ1v) is 9.13. The van der Waals surface area contributed by atoms with E-state index in [-0.39, 0.29) is 0 Å². The molecule has 27 heavy (non-hydrogen) atoms. The summed E-state index contributed by atoms with van der Waals surface area (Å²) in [4.78, 5) is 15.9. The predicted molar refractivity (Wildman–Crippen MR) is 104 cm³/mol. The minimum atomic E-state index is 0.444. The van der Waals surface area contributed by atoms with Crippen LogP contribution in [0.15, 0.2) is 47.1 Å². The summed E-state index contributed by atoms with van der Waals surface area (Å²) in [6, 6.07) is 9.46. The van der Waals surface area contributed by atoms with E-state index in [1.54, 1.807) is 12.4 Å². The zero-order valence-electron chi connectivity index (χ0n) is 15.1. The Morgan fingerprint density at radius 2 is 2.00 bits per heavy atom. The van der Waals surface area contributed by atoms with Crippen LogP contribution in [0.2, 0.25) is 5.02 Å². The second-order valence-corrected chi connectivity index (χ2v) is 7.15. The summed E-state index contributed by atoms with van der Waals surface area (Å²) in [5.74, 6) is 3.30. The number of hydrogen-bond donors (Lipinski definition) is 1. The number of fused-ring (bicyclic) bond motifs is 1. The Hall–Kier alpha value is -2.86. The van der Waals surface area contributed by atoms with Crippen LogP contribution in [-0.4, -0.2) is 26.5 Å². The molecule has 0 spiro atoms. The number of nitrogens with one attached hydrogen (secondary N) is 1. The van der Waals surface area contributed by atoms with E-state index in [2.05, 4.69) is 33.8 Å². The van der Waals surface area contributed by atoms with Crippen molar-refractivity contribution in [2.75, 3.05) is 6.61 Å². The highest BCUT2D eigenvalue weighted by Crippen LogP contribution is 2.28. The highest BCUT2D eigenvalue weighted by atomic mass is 35.5. The van der Waals surface area contributed by atoms with E-state index in [0.717, 1.165) is 17.1 Å². The van der Waals surface area contributed by atoms with E-state index in [9.17, 15) is 0 Å². The van der Waals surface area contributed by atoms with Crippen LogP contribution in [0.5, 0.6) is 5.75 Å². The number of hydrogen-bond acceptors (Lipinski definition) is 5. The van der Waals surface area contributed by atoms with Gasteiger partial charge in [0.1, 0.15) is 11.5 Å². The van der Waals surface area contributed by atoms with Crippen LogP contribution in [0.25, 0.3) is 22.9 Å². The molecule has 138 valence electrons. The maximum Gasteiger partial charge on any atom is 0.197 e. The summed E-state index contributed by atoms with van der Waals surface area (Å²) in [6.07, 6.45) is 3.80. The molecule has 0 atom stereocenters. The number of H-pyrrole nitrogens is 1. The SMILES string of the molecule is CC(C)COc1ccc(Cl)cc1Cc1ccc(-c2nc3nccnc3[nH]2)o1. The third-order valence-corrected chi connectivity index (χ3v) is 4.22. The molecule has 0 aliphatic heterocycles. The smallest absolute Gasteiger partial charge is 0.197 e. The highest BCUT2D eigenvalue weighted by Gasteiger charge is 2.13. The van der Waals surface area contributed by atoms with Gasteiger partial charge in [-0.2, -0.15) is 0 Å². The van der Waals surface area contributed by atoms with Crippen molar-refractivity contribution in [3.05, 3.63) is 59.1 Å². The summed E-state index contributed by atoms with van der Waals surface area (Å²) in [6.45, 7) is 4.88. The zero-order chi connectivity index (χ0) is 18.8. The number of halogens is 1. The molecule has 0 amide bonds. The van der Waals surface area contributed by atoms with E-state index >= 15 is 0 Å². The van der Waals surface area contributed by atoms with Gasteiger partial charge in [-0.15, -0.1) is 0 Å². The number of rotatable bonds is 6. The van der Waals surface area contributed by atoms with Gasteiger partial charge in [-0.1, -0.05) is 25.4 Å². The third kappa shape index (κ3) is 3.95. The van der Waals surface area contributed by atoms with E-state index in [1.807, 2.05) is 30.3 Å². The molecule has 7 heteroatoms. The molecule has 4 rings (SSSR count). The van der Waals surface area contributed by atoms with Gasteiger partial charge in [0.25, 0.3) is 0 Å². The molecule has 0 unspecified atom stereocenters. The van der Waals surface area contributed by atoms with Crippen LogP contribution in [-0.2, 0) is 6.42 Å². The molecule has 4 aromatic rings. The fourth-order valence-electron chi connectivity index (χ4n) is 2.73. The van der Waals surface area contributed by atoms with Crippen molar-refractivity contribution >= 4 is 22.9 Å². The van der Waals surface area contributed by atoms with Crippen molar-refractivity contribution in [2.45, 2.75) is 20.3 Å². The summed E-state index contributed by atoms with van der Waals surface area (Å²) in [7, 11) is 0. The maximum atomic E-state index is 6.18. The molecule has 3 heterocycles. The molecule has 1 N–H and O–H groups in total. The van der Waals surface area contributed by atoms with Crippen LogP contribution in [0, 0.1) is 5.92 Å². The molecule has 0 aliphatic rings. The zero-order valence-corrected chi connectivity index (χ0v) is 15.8. The Balaban J connectivity index is 1.58. The minimum absolute atomic E-state index is 0.444.